The van der Waals surface area contributed by atoms with Gasteiger partial charge in [0.15, 0.2) is 31.5 Å². The van der Waals surface area contributed by atoms with E-state index in [1.54, 1.807) is 0 Å². The number of rotatable bonds is 17. The quantitative estimate of drug-likeness (QED) is 0.0647. The summed E-state index contributed by atoms with van der Waals surface area (Å²) in [6, 6.07) is 0. The Morgan fingerprint density at radius 3 is 1.27 bits per heavy atom. The van der Waals surface area contributed by atoms with E-state index in [-0.39, 0.29) is 0 Å². The van der Waals surface area contributed by atoms with Crippen molar-refractivity contribution in [2.24, 2.45) is 0 Å². The Morgan fingerprint density at radius 2 is 0.804 bits per heavy atom. The molecule has 26 heteroatoms. The Balaban J connectivity index is 1.11. The van der Waals surface area contributed by atoms with E-state index < -0.39 is 187 Å². The van der Waals surface area contributed by atoms with E-state index in [0.29, 0.717) is 0 Å². The molecule has 1 unspecified atom stereocenters. The molecule has 5 aliphatic heterocycles. The second-order valence-corrected chi connectivity index (χ2v) is 14.0. The van der Waals surface area contributed by atoms with Crippen LogP contribution in [0.3, 0.4) is 0 Å². The van der Waals surface area contributed by atoms with Gasteiger partial charge in [0.05, 0.1) is 33.0 Å². The molecule has 0 aliphatic carbocycles. The van der Waals surface area contributed by atoms with Gasteiger partial charge in [-0.2, -0.15) is 0 Å². The monoisotopic (exact) mass is 828 g/mol. The minimum atomic E-state index is -1.90. The molecule has 0 spiro atoms. The largest absolute Gasteiger partial charge is 0.394 e. The summed E-state index contributed by atoms with van der Waals surface area (Å²) in [5.41, 5.74) is 0. The molecule has 5 saturated heterocycles. The van der Waals surface area contributed by atoms with Crippen LogP contribution in [0, 0.1) is 0 Å². The molecule has 0 saturated carbocycles. The molecule has 0 aromatic rings. The molecule has 25 atom stereocenters. The van der Waals surface area contributed by atoms with Crippen molar-refractivity contribution in [2.45, 2.75) is 154 Å². The van der Waals surface area contributed by atoms with Crippen molar-refractivity contribution in [3.05, 3.63) is 0 Å². The summed E-state index contributed by atoms with van der Waals surface area (Å²) in [6.45, 7) is -4.08. The predicted octanol–water partition coefficient (Wildman–Crippen LogP) is -11.9. The van der Waals surface area contributed by atoms with Crippen LogP contribution in [0.5, 0.6) is 0 Å². The van der Waals surface area contributed by atoms with E-state index in [2.05, 4.69) is 0 Å². The highest BCUT2D eigenvalue weighted by molar-refractivity contribution is 4.97. The van der Waals surface area contributed by atoms with Crippen LogP contribution >= 0.6 is 0 Å². The molecule has 0 radical (unpaired) electrons. The fourth-order valence-electron chi connectivity index (χ4n) is 6.88. The van der Waals surface area contributed by atoms with Gasteiger partial charge < -0.3 is 129 Å². The second-order valence-electron chi connectivity index (χ2n) is 14.0. The summed E-state index contributed by atoms with van der Waals surface area (Å²) in [7, 11) is 0. The molecule has 0 amide bonds. The Bertz CT molecular complexity index is 1210. The van der Waals surface area contributed by atoms with Crippen molar-refractivity contribution in [1.82, 2.24) is 0 Å². The minimum absolute atomic E-state index is 0.632. The van der Waals surface area contributed by atoms with E-state index in [1.807, 2.05) is 0 Å². The average Bonchev–Trinajstić information content (AvgIpc) is 3.84. The van der Waals surface area contributed by atoms with E-state index in [4.69, 9.17) is 47.7 Å². The summed E-state index contributed by atoms with van der Waals surface area (Å²) < 4.78 is 48.3. The fourth-order valence-corrected chi connectivity index (χ4v) is 6.88. The van der Waals surface area contributed by atoms with Gasteiger partial charge in [0.1, 0.15) is 122 Å². The molecule has 5 heterocycles. The summed E-state index contributed by atoms with van der Waals surface area (Å²) in [4.78, 5) is 0. The Kier molecular flexibility index (Phi) is 16.1. The predicted molar refractivity (Wildman–Crippen MR) is 167 cm³/mol. The maximum Gasteiger partial charge on any atom is 0.187 e. The van der Waals surface area contributed by atoms with Crippen LogP contribution in [0.4, 0.5) is 0 Å². The summed E-state index contributed by atoms with van der Waals surface area (Å²) in [6.07, 6.45) is -42.8. The number of hydrogen-bond acceptors (Lipinski definition) is 26. The van der Waals surface area contributed by atoms with Gasteiger partial charge in [-0.3, -0.25) is 0 Å². The lowest BCUT2D eigenvalue weighted by molar-refractivity contribution is -0.299. The molecule has 56 heavy (non-hydrogen) atoms. The van der Waals surface area contributed by atoms with Gasteiger partial charge in [0.2, 0.25) is 0 Å². The number of hydrogen-bond donors (Lipinski definition) is 17. The zero-order valence-electron chi connectivity index (χ0n) is 29.2. The van der Waals surface area contributed by atoms with E-state index >= 15 is 0 Å². The van der Waals surface area contributed by atoms with Crippen molar-refractivity contribution < 1.29 is 129 Å². The molecular formula is C30H52O26. The maximum atomic E-state index is 10.8. The lowest BCUT2D eigenvalue weighted by atomic mass is 9.99. The first-order valence-electron chi connectivity index (χ1n) is 17.6. The highest BCUT2D eigenvalue weighted by Gasteiger charge is 2.55. The Labute approximate surface area is 316 Å². The molecule has 328 valence electrons. The van der Waals surface area contributed by atoms with Gasteiger partial charge >= 0.3 is 0 Å². The molecule has 17 N–H and O–H groups in total. The topological polar surface area (TPSA) is 427 Å². The van der Waals surface area contributed by atoms with Crippen LogP contribution in [0.1, 0.15) is 0 Å². The molecule has 0 bridgehead atoms. The molecule has 26 nitrogen and oxygen atoms in total. The third kappa shape index (κ3) is 9.46. The second kappa shape index (κ2) is 19.6. The molecule has 5 fully saturated rings. The SMILES string of the molecule is OC[C@@H](O)[C@@H]1O[C@@H](O[C@H](CO)[C@@H]2O[C@@H](OC[C@@H](O)[C@@H]3O[C@@H](O[C@H](CO)[C@@H]4O[C@@H](OC[C@H]5OC(O)[C@@H](O)[C@@H](O)[C@@H]5O)[C@H](O)[C@H]4O)[C@H](O)[C@H]3O)[C@H](O)[C@H]2O)[C@H](O)[C@H]1O. The summed E-state index contributed by atoms with van der Waals surface area (Å²) in [5, 5.41) is 173. The lowest BCUT2D eigenvalue weighted by Crippen LogP contribution is -2.58. The Hall–Kier alpha value is -1.04. The van der Waals surface area contributed by atoms with Crippen molar-refractivity contribution in [3.8, 4) is 0 Å². The van der Waals surface area contributed by atoms with E-state index in [1.165, 1.54) is 0 Å². The Morgan fingerprint density at radius 1 is 0.393 bits per heavy atom. The van der Waals surface area contributed by atoms with Gasteiger partial charge in [-0.25, -0.2) is 0 Å². The van der Waals surface area contributed by atoms with Gasteiger partial charge in [0, 0.05) is 0 Å². The average molecular weight is 829 g/mol. The first kappa shape index (κ1) is 46.0. The highest BCUT2D eigenvalue weighted by Crippen LogP contribution is 2.34. The zero-order valence-corrected chi connectivity index (χ0v) is 29.2. The molecule has 0 aromatic carbocycles. The van der Waals surface area contributed by atoms with Crippen molar-refractivity contribution >= 4 is 0 Å². The van der Waals surface area contributed by atoms with Gasteiger partial charge in [0.25, 0.3) is 0 Å². The van der Waals surface area contributed by atoms with Crippen LogP contribution < -0.4 is 0 Å². The first-order chi connectivity index (χ1) is 26.4. The highest BCUT2D eigenvalue weighted by atomic mass is 16.8. The van der Waals surface area contributed by atoms with Gasteiger partial charge in [-0.15, -0.1) is 0 Å². The zero-order chi connectivity index (χ0) is 41.3. The molecule has 0 aromatic heterocycles. The number of ether oxygens (including phenoxy) is 9. The van der Waals surface area contributed by atoms with Crippen LogP contribution in [-0.4, -0.2) is 273 Å². The fraction of sp³-hybridized carbons (Fsp3) is 1.00. The normalized spacial score (nSPS) is 49.3. The van der Waals surface area contributed by atoms with Crippen molar-refractivity contribution in [3.63, 3.8) is 0 Å². The van der Waals surface area contributed by atoms with Crippen molar-refractivity contribution in [2.75, 3.05) is 33.0 Å². The standard InChI is InChI=1S/C30H52O26/c31-1-6(34)22-13(38)20(45)29(53-22)51-8(2-32)24-15(40)18(43)27(55-24)48-4-7(35)23-14(39)21(46)30(54-23)52-9(3-33)25-16(41)19(44)28(56-25)49-5-10-11(36)12(37)17(42)26(47)50-10/h6-47H,1-5H2/t6-,7-,8-,9-,10-,11-,12+,13-,14-,15-,16-,17+,18-,19-,20-,21-,22+,23+,24+,25+,26?,27-,28-,29-,30-/m1/s1. The molecule has 5 rings (SSSR count). The van der Waals surface area contributed by atoms with Gasteiger partial charge in [-0.1, -0.05) is 0 Å². The maximum absolute atomic E-state index is 10.8. The molecular weight excluding hydrogens is 776 g/mol. The van der Waals surface area contributed by atoms with E-state index in [0.717, 1.165) is 0 Å². The summed E-state index contributed by atoms with van der Waals surface area (Å²) >= 11 is 0. The van der Waals surface area contributed by atoms with Crippen LogP contribution in [0.15, 0.2) is 0 Å². The van der Waals surface area contributed by atoms with Crippen LogP contribution in [0.25, 0.3) is 0 Å². The minimum Gasteiger partial charge on any atom is -0.394 e. The third-order valence-electron chi connectivity index (χ3n) is 10.2. The summed E-state index contributed by atoms with van der Waals surface area (Å²) in [5.74, 6) is 0. The number of aliphatic hydroxyl groups is 17. The third-order valence-corrected chi connectivity index (χ3v) is 10.2. The van der Waals surface area contributed by atoms with Crippen LogP contribution in [-0.2, 0) is 42.6 Å². The lowest BCUT2D eigenvalue weighted by Gasteiger charge is -2.38. The first-order valence-corrected chi connectivity index (χ1v) is 17.6. The van der Waals surface area contributed by atoms with E-state index in [9.17, 15) is 81.7 Å². The smallest absolute Gasteiger partial charge is 0.187 e. The van der Waals surface area contributed by atoms with Gasteiger partial charge in [-0.05, 0) is 0 Å². The number of aliphatic hydroxyl groups excluding tert-OH is 17. The van der Waals surface area contributed by atoms with Crippen molar-refractivity contribution in [1.29, 1.82) is 0 Å². The van der Waals surface area contributed by atoms with Crippen LogP contribution in [0.2, 0.25) is 0 Å². The molecule has 5 aliphatic rings.